The molecule has 5 nitrogen and oxygen atoms in total. The van der Waals surface area contributed by atoms with Gasteiger partial charge in [-0.2, -0.15) is 0 Å². The Hall–Kier alpha value is -1.79. The Labute approximate surface area is 211 Å². The molecule has 1 heterocycles. The van der Waals surface area contributed by atoms with Gasteiger partial charge in [0, 0.05) is 30.5 Å². The summed E-state index contributed by atoms with van der Waals surface area (Å²) < 4.78 is 0. The van der Waals surface area contributed by atoms with E-state index < -0.39 is 6.10 Å². The van der Waals surface area contributed by atoms with Crippen LogP contribution < -0.4 is 5.32 Å². The van der Waals surface area contributed by atoms with E-state index in [9.17, 15) is 15.0 Å². The second kappa shape index (κ2) is 9.69. The van der Waals surface area contributed by atoms with Crippen molar-refractivity contribution in [1.82, 2.24) is 10.2 Å². The molecule has 7 heteroatoms. The number of benzene rings is 2. The van der Waals surface area contributed by atoms with E-state index in [-0.39, 0.29) is 35.5 Å². The molecule has 34 heavy (non-hydrogen) atoms. The van der Waals surface area contributed by atoms with Gasteiger partial charge in [0.1, 0.15) is 5.75 Å². The summed E-state index contributed by atoms with van der Waals surface area (Å²) in [6, 6.07) is 12.6. The first-order chi connectivity index (χ1) is 16.3. The first-order valence-electron chi connectivity index (χ1n) is 12.3. The van der Waals surface area contributed by atoms with Crippen molar-refractivity contribution in [3.8, 4) is 5.75 Å². The number of phenolic OH excluding ortho intramolecular Hbond substituents is 1. The molecule has 182 valence electrons. The molecular formula is C27H32Cl2N2O3. The maximum absolute atomic E-state index is 12.9. The lowest BCUT2D eigenvalue weighted by atomic mass is 9.57. The normalized spacial score (nSPS) is 29.4. The van der Waals surface area contributed by atoms with Crippen molar-refractivity contribution in [3.63, 3.8) is 0 Å². The average Bonchev–Trinajstić information content (AvgIpc) is 3.61. The molecule has 3 aliphatic rings. The third-order valence-electron chi connectivity index (χ3n) is 7.99. The molecule has 0 aromatic heterocycles. The molecule has 2 saturated carbocycles. The third kappa shape index (κ3) is 5.08. The van der Waals surface area contributed by atoms with Crippen molar-refractivity contribution in [2.75, 3.05) is 19.6 Å². The van der Waals surface area contributed by atoms with Crippen molar-refractivity contribution < 1.29 is 15.0 Å². The van der Waals surface area contributed by atoms with Crippen molar-refractivity contribution in [2.24, 2.45) is 11.8 Å². The van der Waals surface area contributed by atoms with Gasteiger partial charge in [-0.25, -0.2) is 0 Å². The molecule has 1 aliphatic heterocycles. The number of aliphatic hydroxyl groups excluding tert-OH is 1. The topological polar surface area (TPSA) is 72.8 Å². The Morgan fingerprint density at radius 2 is 1.97 bits per heavy atom. The number of amides is 1. The van der Waals surface area contributed by atoms with Crippen molar-refractivity contribution in [1.29, 1.82) is 0 Å². The van der Waals surface area contributed by atoms with E-state index in [4.69, 9.17) is 23.2 Å². The molecule has 3 N–H and O–H groups in total. The van der Waals surface area contributed by atoms with E-state index in [0.717, 1.165) is 49.5 Å². The zero-order valence-corrected chi connectivity index (χ0v) is 20.7. The van der Waals surface area contributed by atoms with Crippen LogP contribution in [0.2, 0.25) is 10.0 Å². The number of nitrogens with one attached hydrogen (secondary N) is 1. The Kier molecular flexibility index (Phi) is 6.82. The molecule has 4 atom stereocenters. The summed E-state index contributed by atoms with van der Waals surface area (Å²) in [4.78, 5) is 15.4. The molecule has 1 saturated heterocycles. The summed E-state index contributed by atoms with van der Waals surface area (Å²) in [5.74, 6) is 1.03. The first-order valence-corrected chi connectivity index (χ1v) is 13.0. The molecule has 0 spiro atoms. The first kappa shape index (κ1) is 23.9. The van der Waals surface area contributed by atoms with Crippen LogP contribution in [0.25, 0.3) is 0 Å². The van der Waals surface area contributed by atoms with Crippen molar-refractivity contribution in [2.45, 2.75) is 56.1 Å². The third-order valence-corrected chi connectivity index (χ3v) is 8.73. The van der Waals surface area contributed by atoms with Crippen LogP contribution in [0.3, 0.4) is 0 Å². The highest BCUT2D eigenvalue weighted by atomic mass is 35.5. The predicted octanol–water partition coefficient (Wildman–Crippen LogP) is 4.55. The fourth-order valence-corrected chi connectivity index (χ4v) is 6.48. The van der Waals surface area contributed by atoms with Gasteiger partial charge in [-0.1, -0.05) is 41.4 Å². The highest BCUT2D eigenvalue weighted by molar-refractivity contribution is 6.42. The summed E-state index contributed by atoms with van der Waals surface area (Å²) in [6.07, 6.45) is 4.51. The molecule has 0 bridgehead atoms. The van der Waals surface area contributed by atoms with E-state index >= 15 is 0 Å². The number of fused-ring (bicyclic) bond motifs is 1. The molecule has 1 amide bonds. The second-order valence-corrected chi connectivity index (χ2v) is 11.3. The monoisotopic (exact) mass is 502 g/mol. The van der Waals surface area contributed by atoms with E-state index in [1.54, 1.807) is 18.2 Å². The fraction of sp³-hybridized carbons (Fsp3) is 0.519. The molecule has 2 aromatic rings. The standard InChI is InChI=1S/C27H32Cl2N2O3/c28-23-7-6-18(10-24(23)29)11-26(34)30-20-13-25(33)22-16-31(15-17-4-5-17)9-8-27(22,14-20)19-2-1-3-21(32)12-19/h1-3,6-7,10,12,17,20,22,25,32-33H,4-5,8-9,11,13-16H2,(H,30,34)/t20-,22-,25?,27-/m0/s1. The van der Waals surface area contributed by atoms with Gasteiger partial charge in [0.05, 0.1) is 22.6 Å². The van der Waals surface area contributed by atoms with Crippen molar-refractivity contribution >= 4 is 29.1 Å². The van der Waals surface area contributed by atoms with E-state index in [1.807, 2.05) is 18.2 Å². The van der Waals surface area contributed by atoms with Gasteiger partial charge in [-0.15, -0.1) is 0 Å². The molecule has 2 aromatic carbocycles. The van der Waals surface area contributed by atoms with E-state index in [2.05, 4.69) is 16.3 Å². The molecule has 2 aliphatic carbocycles. The SMILES string of the molecule is O=C(Cc1ccc(Cl)c(Cl)c1)N[C@H]1CC(O)[C@@H]2CN(CC3CC3)CC[C@@]2(c2cccc(O)c2)C1. The van der Waals surface area contributed by atoms with Crippen LogP contribution in [-0.4, -0.2) is 52.8 Å². The molecule has 0 radical (unpaired) electrons. The van der Waals surface area contributed by atoms with Crippen LogP contribution in [0.4, 0.5) is 0 Å². The lowest BCUT2D eigenvalue weighted by Gasteiger charge is -2.55. The van der Waals surface area contributed by atoms with Gasteiger partial charge < -0.3 is 20.4 Å². The Morgan fingerprint density at radius 1 is 1.15 bits per heavy atom. The van der Waals surface area contributed by atoms with Crippen LogP contribution in [0.15, 0.2) is 42.5 Å². The van der Waals surface area contributed by atoms with Gasteiger partial charge in [0.2, 0.25) is 5.91 Å². The minimum Gasteiger partial charge on any atom is -0.508 e. The number of likely N-dealkylation sites (tertiary alicyclic amines) is 1. The molecule has 1 unspecified atom stereocenters. The fourth-order valence-electron chi connectivity index (χ4n) is 6.16. The molecular weight excluding hydrogens is 471 g/mol. The maximum atomic E-state index is 12.9. The van der Waals surface area contributed by atoms with Crippen LogP contribution in [-0.2, 0) is 16.6 Å². The minimum absolute atomic E-state index is 0.0741. The molecule has 3 fully saturated rings. The largest absolute Gasteiger partial charge is 0.508 e. The maximum Gasteiger partial charge on any atom is 0.224 e. The number of hydrogen-bond acceptors (Lipinski definition) is 4. The average molecular weight is 503 g/mol. The zero-order valence-electron chi connectivity index (χ0n) is 19.2. The summed E-state index contributed by atoms with van der Waals surface area (Å²) in [5.41, 5.74) is 1.58. The Morgan fingerprint density at radius 3 is 2.71 bits per heavy atom. The molecule has 5 rings (SSSR count). The van der Waals surface area contributed by atoms with Crippen LogP contribution in [0.1, 0.15) is 43.2 Å². The van der Waals surface area contributed by atoms with Gasteiger partial charge in [-0.3, -0.25) is 4.79 Å². The van der Waals surface area contributed by atoms with Gasteiger partial charge in [-0.05, 0) is 80.0 Å². The number of aliphatic hydroxyl groups is 1. The quantitative estimate of drug-likeness (QED) is 0.541. The van der Waals surface area contributed by atoms with E-state index in [0.29, 0.717) is 16.5 Å². The summed E-state index contributed by atoms with van der Waals surface area (Å²) in [6.45, 7) is 2.94. The smallest absolute Gasteiger partial charge is 0.224 e. The van der Waals surface area contributed by atoms with E-state index in [1.165, 1.54) is 12.8 Å². The van der Waals surface area contributed by atoms with Crippen LogP contribution >= 0.6 is 23.2 Å². The number of piperidine rings is 1. The van der Waals surface area contributed by atoms with Crippen molar-refractivity contribution in [3.05, 3.63) is 63.6 Å². The summed E-state index contributed by atoms with van der Waals surface area (Å²) >= 11 is 12.1. The second-order valence-electron chi connectivity index (χ2n) is 10.5. The van der Waals surface area contributed by atoms with Crippen LogP contribution in [0.5, 0.6) is 5.75 Å². The number of carbonyl (C=O) groups excluding carboxylic acids is 1. The number of phenols is 1. The van der Waals surface area contributed by atoms with Crippen LogP contribution in [0, 0.1) is 11.8 Å². The predicted molar refractivity (Wildman–Crippen MR) is 134 cm³/mol. The number of hydrogen-bond donors (Lipinski definition) is 3. The number of aromatic hydroxyl groups is 1. The Balaban J connectivity index is 1.35. The Bertz CT molecular complexity index is 1060. The minimum atomic E-state index is -0.520. The summed E-state index contributed by atoms with van der Waals surface area (Å²) in [5, 5.41) is 25.6. The highest BCUT2D eigenvalue weighted by Gasteiger charge is 2.52. The van der Waals surface area contributed by atoms with Gasteiger partial charge in [0.15, 0.2) is 0 Å². The number of nitrogens with zero attached hydrogens (tertiary/aromatic N) is 1. The zero-order chi connectivity index (χ0) is 23.9. The number of carbonyl (C=O) groups is 1. The number of rotatable bonds is 6. The van der Waals surface area contributed by atoms with Gasteiger partial charge in [0.25, 0.3) is 0 Å². The lowest BCUT2D eigenvalue weighted by Crippen LogP contribution is -2.61. The lowest BCUT2D eigenvalue weighted by molar-refractivity contribution is -0.122. The highest BCUT2D eigenvalue weighted by Crippen LogP contribution is 2.50. The summed E-state index contributed by atoms with van der Waals surface area (Å²) in [7, 11) is 0. The van der Waals surface area contributed by atoms with Gasteiger partial charge >= 0.3 is 0 Å². The number of halogens is 2.